The summed E-state index contributed by atoms with van der Waals surface area (Å²) in [5, 5.41) is 2.85. The molecular weight excluding hydrogens is 264 g/mol. The van der Waals surface area contributed by atoms with Gasteiger partial charge in [-0.2, -0.15) is 0 Å². The molecule has 126 valence electrons. The predicted octanol–water partition coefficient (Wildman–Crippen LogP) is 3.95. The van der Waals surface area contributed by atoms with Crippen LogP contribution in [0.15, 0.2) is 0 Å². The first-order valence-electron chi connectivity index (χ1n) is 8.53. The van der Waals surface area contributed by atoms with E-state index in [0.717, 1.165) is 17.4 Å². The number of carbonyl (C=O) groups excluding carboxylic acids is 1. The van der Waals surface area contributed by atoms with Gasteiger partial charge in [0.2, 0.25) is 0 Å². The van der Waals surface area contributed by atoms with E-state index in [1.807, 2.05) is 20.8 Å². The van der Waals surface area contributed by atoms with Crippen molar-refractivity contribution in [2.75, 3.05) is 33.2 Å². The maximum atomic E-state index is 11.6. The second kappa shape index (κ2) is 10.0. The second-order valence-corrected chi connectivity index (χ2v) is 7.28. The number of hydrogen-bond acceptors (Lipinski definition) is 2. The summed E-state index contributed by atoms with van der Waals surface area (Å²) in [6, 6.07) is 0. The van der Waals surface area contributed by atoms with Crippen molar-refractivity contribution in [3.05, 3.63) is 0 Å². The first-order valence-corrected chi connectivity index (χ1v) is 8.53. The van der Waals surface area contributed by atoms with Gasteiger partial charge in [-0.1, -0.05) is 26.7 Å². The number of hydrogen-bond donors (Lipinski definition) is 1. The molecule has 4 nitrogen and oxygen atoms in total. The van der Waals surface area contributed by atoms with Crippen LogP contribution in [0.4, 0.5) is 4.79 Å². The molecule has 0 aliphatic rings. The normalized spacial score (nSPS) is 12.3. The smallest absolute Gasteiger partial charge is 0.407 e. The van der Waals surface area contributed by atoms with Gasteiger partial charge in [0.1, 0.15) is 5.60 Å². The lowest BCUT2D eigenvalue weighted by atomic mass is 10.2. The number of nitrogens with zero attached hydrogens (tertiary/aromatic N) is 1. The molecule has 4 heteroatoms. The standard InChI is InChI=1S/C17H36N2O2/c1-7-9-13-19(6,14-10-8-2)15-11-12-18-16(20)21-17(3,4)5/h7-15H2,1-6H3/p+1. The zero-order valence-corrected chi connectivity index (χ0v) is 15.1. The van der Waals surface area contributed by atoms with Gasteiger partial charge in [0, 0.05) is 13.0 Å². The second-order valence-electron chi connectivity index (χ2n) is 7.28. The topological polar surface area (TPSA) is 38.3 Å². The Morgan fingerprint density at radius 2 is 1.48 bits per heavy atom. The number of nitrogens with one attached hydrogen (secondary N) is 1. The van der Waals surface area contributed by atoms with E-state index in [9.17, 15) is 4.79 Å². The molecule has 0 aliphatic heterocycles. The van der Waals surface area contributed by atoms with E-state index in [-0.39, 0.29) is 6.09 Å². The molecule has 0 unspecified atom stereocenters. The Balaban J connectivity index is 4.04. The average Bonchev–Trinajstić information content (AvgIpc) is 2.37. The van der Waals surface area contributed by atoms with Crippen molar-refractivity contribution < 1.29 is 14.0 Å². The third-order valence-corrected chi connectivity index (χ3v) is 3.65. The monoisotopic (exact) mass is 301 g/mol. The SMILES string of the molecule is CCCC[N+](C)(CCCC)CCCNC(=O)OC(C)(C)C. The largest absolute Gasteiger partial charge is 0.444 e. The van der Waals surface area contributed by atoms with Gasteiger partial charge in [0.25, 0.3) is 0 Å². The maximum Gasteiger partial charge on any atom is 0.407 e. The molecule has 0 atom stereocenters. The van der Waals surface area contributed by atoms with Gasteiger partial charge < -0.3 is 14.5 Å². The summed E-state index contributed by atoms with van der Waals surface area (Å²) in [5.41, 5.74) is -0.420. The number of rotatable bonds is 10. The van der Waals surface area contributed by atoms with Crippen molar-refractivity contribution in [3.63, 3.8) is 0 Å². The average molecular weight is 301 g/mol. The first kappa shape index (κ1) is 20.2. The van der Waals surface area contributed by atoms with Crippen molar-refractivity contribution >= 4 is 6.09 Å². The summed E-state index contributed by atoms with van der Waals surface area (Å²) in [4.78, 5) is 11.6. The fraction of sp³-hybridized carbons (Fsp3) is 0.941. The van der Waals surface area contributed by atoms with Gasteiger partial charge in [-0.05, 0) is 33.6 Å². The van der Waals surface area contributed by atoms with Crippen LogP contribution in [0, 0.1) is 0 Å². The Morgan fingerprint density at radius 1 is 1.00 bits per heavy atom. The summed E-state index contributed by atoms with van der Waals surface area (Å²) in [6.45, 7) is 14.4. The van der Waals surface area contributed by atoms with E-state index < -0.39 is 5.60 Å². The fourth-order valence-corrected chi connectivity index (χ4v) is 2.38. The van der Waals surface area contributed by atoms with E-state index in [0.29, 0.717) is 6.54 Å². The zero-order chi connectivity index (χ0) is 16.4. The van der Waals surface area contributed by atoms with Crippen LogP contribution in [-0.4, -0.2) is 49.4 Å². The number of unbranched alkanes of at least 4 members (excludes halogenated alkanes) is 2. The molecule has 1 N–H and O–H groups in total. The van der Waals surface area contributed by atoms with Crippen LogP contribution < -0.4 is 5.32 Å². The lowest BCUT2D eigenvalue weighted by Gasteiger charge is -2.35. The van der Waals surface area contributed by atoms with Crippen molar-refractivity contribution in [1.82, 2.24) is 5.32 Å². The zero-order valence-electron chi connectivity index (χ0n) is 15.1. The first-order chi connectivity index (χ1) is 9.72. The molecule has 0 spiro atoms. The molecule has 0 aromatic heterocycles. The van der Waals surface area contributed by atoms with E-state index in [1.54, 1.807) is 0 Å². The third-order valence-electron chi connectivity index (χ3n) is 3.65. The van der Waals surface area contributed by atoms with Crippen LogP contribution in [0.1, 0.15) is 66.7 Å². The van der Waals surface area contributed by atoms with Gasteiger partial charge in [-0.3, -0.25) is 0 Å². The van der Waals surface area contributed by atoms with Crippen molar-refractivity contribution in [2.24, 2.45) is 0 Å². The Bertz CT molecular complexity index is 277. The van der Waals surface area contributed by atoms with Gasteiger partial charge in [0.15, 0.2) is 0 Å². The Kier molecular flexibility index (Phi) is 9.67. The molecule has 0 saturated heterocycles. The molecule has 0 bridgehead atoms. The van der Waals surface area contributed by atoms with Crippen LogP contribution in [0.3, 0.4) is 0 Å². The third kappa shape index (κ3) is 11.6. The van der Waals surface area contributed by atoms with Gasteiger partial charge in [0.05, 0.1) is 26.7 Å². The molecule has 0 rings (SSSR count). The Hall–Kier alpha value is -0.770. The van der Waals surface area contributed by atoms with Crippen LogP contribution in [-0.2, 0) is 4.74 Å². The minimum absolute atomic E-state index is 0.307. The fourth-order valence-electron chi connectivity index (χ4n) is 2.38. The summed E-state index contributed by atoms with van der Waals surface area (Å²) < 4.78 is 6.37. The highest BCUT2D eigenvalue weighted by molar-refractivity contribution is 5.67. The van der Waals surface area contributed by atoms with E-state index in [1.165, 1.54) is 38.8 Å². The van der Waals surface area contributed by atoms with Gasteiger partial charge >= 0.3 is 6.09 Å². The van der Waals surface area contributed by atoms with Crippen LogP contribution >= 0.6 is 0 Å². The molecule has 0 fully saturated rings. The van der Waals surface area contributed by atoms with E-state index in [2.05, 4.69) is 26.2 Å². The number of alkyl carbamates (subject to hydrolysis) is 1. The summed E-state index contributed by atoms with van der Waals surface area (Å²) in [6.07, 6.45) is 5.74. The van der Waals surface area contributed by atoms with Crippen LogP contribution in [0.25, 0.3) is 0 Å². The van der Waals surface area contributed by atoms with E-state index in [4.69, 9.17) is 4.74 Å². The molecule has 0 aliphatic carbocycles. The minimum Gasteiger partial charge on any atom is -0.444 e. The number of amides is 1. The molecule has 0 radical (unpaired) electrons. The molecule has 0 aromatic rings. The quantitative estimate of drug-likeness (QED) is 0.490. The number of carbonyl (C=O) groups is 1. The summed E-state index contributed by atoms with van der Waals surface area (Å²) >= 11 is 0. The van der Waals surface area contributed by atoms with Gasteiger partial charge in [-0.25, -0.2) is 4.79 Å². The van der Waals surface area contributed by atoms with Crippen molar-refractivity contribution in [2.45, 2.75) is 72.3 Å². The molecule has 0 heterocycles. The minimum atomic E-state index is -0.420. The molecule has 0 aromatic carbocycles. The van der Waals surface area contributed by atoms with Crippen LogP contribution in [0.2, 0.25) is 0 Å². The Labute approximate surface area is 131 Å². The Morgan fingerprint density at radius 3 is 1.90 bits per heavy atom. The molecule has 1 amide bonds. The molecule has 0 saturated carbocycles. The van der Waals surface area contributed by atoms with E-state index >= 15 is 0 Å². The van der Waals surface area contributed by atoms with Crippen LogP contribution in [0.5, 0.6) is 0 Å². The number of quaternary nitrogens is 1. The maximum absolute atomic E-state index is 11.6. The van der Waals surface area contributed by atoms with Gasteiger partial charge in [-0.15, -0.1) is 0 Å². The molecular formula is C17H37N2O2+. The lowest BCUT2D eigenvalue weighted by Crippen LogP contribution is -2.47. The predicted molar refractivity (Wildman–Crippen MR) is 89.5 cm³/mol. The highest BCUT2D eigenvalue weighted by atomic mass is 16.6. The highest BCUT2D eigenvalue weighted by Gasteiger charge is 2.20. The summed E-state index contributed by atoms with van der Waals surface area (Å²) in [7, 11) is 2.35. The molecule has 21 heavy (non-hydrogen) atoms. The van der Waals surface area contributed by atoms with Crippen molar-refractivity contribution in [3.8, 4) is 0 Å². The van der Waals surface area contributed by atoms with Crippen molar-refractivity contribution in [1.29, 1.82) is 0 Å². The number of ether oxygens (including phenoxy) is 1. The lowest BCUT2D eigenvalue weighted by molar-refractivity contribution is -0.910. The summed E-state index contributed by atoms with van der Waals surface area (Å²) in [5.74, 6) is 0. The highest BCUT2D eigenvalue weighted by Crippen LogP contribution is 2.10.